The summed E-state index contributed by atoms with van der Waals surface area (Å²) in [6.45, 7) is 0.724. The fourth-order valence-electron chi connectivity index (χ4n) is 1.80. The second kappa shape index (κ2) is 6.93. The summed E-state index contributed by atoms with van der Waals surface area (Å²) in [6, 6.07) is 10.1. The van der Waals surface area contributed by atoms with Crippen molar-refractivity contribution in [2.45, 2.75) is 13.0 Å². The summed E-state index contributed by atoms with van der Waals surface area (Å²) < 4.78 is 18.9. The first kappa shape index (κ1) is 15.1. The molecule has 20 heavy (non-hydrogen) atoms. The van der Waals surface area contributed by atoms with Crippen LogP contribution in [0.15, 0.2) is 36.4 Å². The molecule has 0 aromatic heterocycles. The molecule has 0 aliphatic rings. The lowest BCUT2D eigenvalue weighted by molar-refractivity contribution is 0.306. The number of hydrogen-bond acceptors (Lipinski definition) is 2. The van der Waals surface area contributed by atoms with Crippen molar-refractivity contribution in [1.29, 1.82) is 0 Å². The molecular weight excluding hydrogens is 300 g/mol. The van der Waals surface area contributed by atoms with Crippen molar-refractivity contribution < 1.29 is 9.13 Å². The fourth-order valence-corrected chi connectivity index (χ4v) is 2.24. The average molecular weight is 314 g/mol. The number of halogens is 3. The van der Waals surface area contributed by atoms with Crippen molar-refractivity contribution in [2.75, 3.05) is 6.54 Å². The molecule has 0 atom stereocenters. The summed E-state index contributed by atoms with van der Waals surface area (Å²) in [6.07, 6.45) is 0.760. The molecule has 2 aromatic carbocycles. The molecule has 5 heteroatoms. The van der Waals surface area contributed by atoms with Gasteiger partial charge in [0.25, 0.3) is 0 Å². The van der Waals surface area contributed by atoms with Gasteiger partial charge in [0.2, 0.25) is 0 Å². The zero-order chi connectivity index (χ0) is 14.5. The lowest BCUT2D eigenvalue weighted by Gasteiger charge is -2.10. The van der Waals surface area contributed by atoms with Gasteiger partial charge in [-0.2, -0.15) is 0 Å². The standard InChI is InChI=1S/C15H14Cl2FNO/c16-12-8-10(6-7-19)4-5-14(12)20-9-11-2-1-3-13(18)15(11)17/h1-5,8H,6-7,9,19H2. The van der Waals surface area contributed by atoms with Gasteiger partial charge in [-0.3, -0.25) is 0 Å². The number of rotatable bonds is 5. The summed E-state index contributed by atoms with van der Waals surface area (Å²) in [5.41, 5.74) is 7.12. The predicted molar refractivity (Wildman–Crippen MR) is 80.0 cm³/mol. The maximum atomic E-state index is 13.3. The largest absolute Gasteiger partial charge is 0.487 e. The van der Waals surface area contributed by atoms with E-state index in [1.165, 1.54) is 6.07 Å². The normalized spacial score (nSPS) is 10.6. The molecule has 0 fully saturated rings. The van der Waals surface area contributed by atoms with Crippen molar-refractivity contribution >= 4 is 23.2 Å². The number of ether oxygens (including phenoxy) is 1. The van der Waals surface area contributed by atoms with E-state index in [4.69, 9.17) is 33.7 Å². The Hall–Kier alpha value is -1.29. The average Bonchev–Trinajstić information content (AvgIpc) is 2.42. The van der Waals surface area contributed by atoms with E-state index in [0.717, 1.165) is 12.0 Å². The van der Waals surface area contributed by atoms with Crippen molar-refractivity contribution in [3.05, 3.63) is 63.4 Å². The lowest BCUT2D eigenvalue weighted by atomic mass is 10.1. The van der Waals surface area contributed by atoms with Crippen LogP contribution in [-0.4, -0.2) is 6.54 Å². The van der Waals surface area contributed by atoms with Crippen molar-refractivity contribution in [3.63, 3.8) is 0 Å². The molecule has 2 aromatic rings. The van der Waals surface area contributed by atoms with Gasteiger partial charge in [0, 0.05) is 5.56 Å². The van der Waals surface area contributed by atoms with Crippen LogP contribution in [-0.2, 0) is 13.0 Å². The second-order valence-corrected chi connectivity index (χ2v) is 5.09. The second-order valence-electron chi connectivity index (χ2n) is 4.31. The van der Waals surface area contributed by atoms with Crippen molar-refractivity contribution in [1.82, 2.24) is 0 Å². The van der Waals surface area contributed by atoms with E-state index in [1.54, 1.807) is 18.2 Å². The smallest absolute Gasteiger partial charge is 0.142 e. The van der Waals surface area contributed by atoms with Crippen LogP contribution in [0.4, 0.5) is 4.39 Å². The summed E-state index contributed by atoms with van der Waals surface area (Å²) in [5.74, 6) is 0.0740. The first-order chi connectivity index (χ1) is 9.61. The van der Waals surface area contributed by atoms with Crippen molar-refractivity contribution in [2.24, 2.45) is 5.73 Å². The van der Waals surface area contributed by atoms with Crippen LogP contribution in [0, 0.1) is 5.82 Å². The Kier molecular flexibility index (Phi) is 5.24. The monoisotopic (exact) mass is 313 g/mol. The van der Waals surface area contributed by atoms with Crippen LogP contribution in [0.2, 0.25) is 10.0 Å². The first-order valence-corrected chi connectivity index (χ1v) is 6.91. The molecule has 0 bridgehead atoms. The molecule has 0 heterocycles. The summed E-state index contributed by atoms with van der Waals surface area (Å²) in [4.78, 5) is 0. The van der Waals surface area contributed by atoms with E-state index in [9.17, 15) is 4.39 Å². The molecule has 0 radical (unpaired) electrons. The molecule has 0 spiro atoms. The Morgan fingerprint density at radius 1 is 1.15 bits per heavy atom. The van der Waals surface area contributed by atoms with E-state index < -0.39 is 5.82 Å². The van der Waals surface area contributed by atoms with Crippen LogP contribution < -0.4 is 10.5 Å². The van der Waals surface area contributed by atoms with E-state index in [2.05, 4.69) is 0 Å². The van der Waals surface area contributed by atoms with Gasteiger partial charge in [-0.15, -0.1) is 0 Å². The van der Waals surface area contributed by atoms with E-state index in [1.807, 2.05) is 12.1 Å². The summed E-state index contributed by atoms with van der Waals surface area (Å²) in [7, 11) is 0. The quantitative estimate of drug-likeness (QED) is 0.897. The Balaban J connectivity index is 2.09. The molecule has 0 saturated carbocycles. The maximum absolute atomic E-state index is 13.3. The lowest BCUT2D eigenvalue weighted by Crippen LogP contribution is -2.03. The number of hydrogen-bond donors (Lipinski definition) is 1. The van der Waals surface area contributed by atoms with Gasteiger partial charge < -0.3 is 10.5 Å². The molecule has 0 aliphatic heterocycles. The molecule has 0 amide bonds. The van der Waals surface area contributed by atoms with Gasteiger partial charge >= 0.3 is 0 Å². The van der Waals surface area contributed by atoms with E-state index in [-0.39, 0.29) is 11.6 Å². The highest BCUT2D eigenvalue weighted by molar-refractivity contribution is 6.32. The highest BCUT2D eigenvalue weighted by Crippen LogP contribution is 2.28. The van der Waals surface area contributed by atoms with Gasteiger partial charge in [0.1, 0.15) is 18.2 Å². The van der Waals surface area contributed by atoms with Crippen LogP contribution >= 0.6 is 23.2 Å². The van der Waals surface area contributed by atoms with Gasteiger partial charge in [-0.05, 0) is 36.7 Å². The molecule has 2 nitrogen and oxygen atoms in total. The number of nitrogens with two attached hydrogens (primary N) is 1. The van der Waals surface area contributed by atoms with Gasteiger partial charge in [-0.25, -0.2) is 4.39 Å². The third-order valence-electron chi connectivity index (χ3n) is 2.84. The third kappa shape index (κ3) is 3.63. The zero-order valence-corrected chi connectivity index (χ0v) is 12.2. The molecule has 0 saturated heterocycles. The van der Waals surface area contributed by atoms with Crippen LogP contribution in [0.1, 0.15) is 11.1 Å². The predicted octanol–water partition coefficient (Wildman–Crippen LogP) is 4.21. The Morgan fingerprint density at radius 3 is 2.65 bits per heavy atom. The SMILES string of the molecule is NCCc1ccc(OCc2cccc(F)c2Cl)c(Cl)c1. The molecule has 2 rings (SSSR count). The minimum absolute atomic E-state index is 0.0726. The fraction of sp³-hybridized carbons (Fsp3) is 0.200. The Morgan fingerprint density at radius 2 is 1.95 bits per heavy atom. The van der Waals surface area contributed by atoms with E-state index >= 15 is 0 Å². The molecule has 0 unspecified atom stereocenters. The molecular formula is C15H14Cl2FNO. The molecule has 0 aliphatic carbocycles. The molecule has 2 N–H and O–H groups in total. The van der Waals surface area contributed by atoms with Gasteiger partial charge in [0.05, 0.1) is 10.0 Å². The zero-order valence-electron chi connectivity index (χ0n) is 10.7. The van der Waals surface area contributed by atoms with E-state index in [0.29, 0.717) is 22.9 Å². The minimum atomic E-state index is -0.461. The van der Waals surface area contributed by atoms with Gasteiger partial charge in [-0.1, -0.05) is 41.4 Å². The van der Waals surface area contributed by atoms with Crippen LogP contribution in [0.3, 0.4) is 0 Å². The Labute approximate surface area is 127 Å². The van der Waals surface area contributed by atoms with Gasteiger partial charge in [0.15, 0.2) is 0 Å². The highest BCUT2D eigenvalue weighted by Gasteiger charge is 2.08. The van der Waals surface area contributed by atoms with Crippen molar-refractivity contribution in [3.8, 4) is 5.75 Å². The third-order valence-corrected chi connectivity index (χ3v) is 3.56. The molecule has 106 valence electrons. The number of benzene rings is 2. The Bertz CT molecular complexity index is 604. The summed E-state index contributed by atoms with van der Waals surface area (Å²) in [5, 5.41) is 0.576. The minimum Gasteiger partial charge on any atom is -0.487 e. The maximum Gasteiger partial charge on any atom is 0.142 e. The van der Waals surface area contributed by atoms with Crippen LogP contribution in [0.25, 0.3) is 0 Å². The summed E-state index contributed by atoms with van der Waals surface area (Å²) >= 11 is 12.0. The highest BCUT2D eigenvalue weighted by atomic mass is 35.5. The first-order valence-electron chi connectivity index (χ1n) is 6.16. The topological polar surface area (TPSA) is 35.2 Å². The van der Waals surface area contributed by atoms with Crippen LogP contribution in [0.5, 0.6) is 5.75 Å².